The van der Waals surface area contributed by atoms with Crippen LogP contribution < -0.4 is 5.56 Å². The molecule has 0 fully saturated rings. The Morgan fingerprint density at radius 2 is 2.14 bits per heavy atom. The lowest BCUT2D eigenvalue weighted by atomic mass is 10.1. The molecule has 1 aliphatic heterocycles. The first-order valence-electron chi connectivity index (χ1n) is 7.19. The third kappa shape index (κ3) is 2.28. The van der Waals surface area contributed by atoms with Crippen LogP contribution in [0.4, 0.5) is 0 Å². The molecule has 3 aromatic rings. The lowest BCUT2D eigenvalue weighted by molar-refractivity contribution is 0.239. The van der Waals surface area contributed by atoms with Crippen molar-refractivity contribution in [3.05, 3.63) is 56.3 Å². The van der Waals surface area contributed by atoms with Gasteiger partial charge in [-0.15, -0.1) is 0 Å². The zero-order chi connectivity index (χ0) is 15.1. The van der Waals surface area contributed by atoms with E-state index >= 15 is 0 Å². The number of para-hydroxylation sites is 1. The van der Waals surface area contributed by atoms with Crippen molar-refractivity contribution in [2.24, 2.45) is 0 Å². The fraction of sp³-hybridized carbons (Fsp3) is 0.267. The Morgan fingerprint density at radius 1 is 1.27 bits per heavy atom. The second kappa shape index (κ2) is 5.19. The molecule has 3 N–H and O–H groups in total. The number of fused-ring (bicyclic) bond motifs is 2. The van der Waals surface area contributed by atoms with Crippen LogP contribution in [0.15, 0.2) is 29.1 Å². The first-order chi connectivity index (χ1) is 10.7. The van der Waals surface area contributed by atoms with Crippen molar-refractivity contribution in [3.63, 3.8) is 0 Å². The Balaban J connectivity index is 1.63. The number of aromatic nitrogens is 4. The monoisotopic (exact) mass is 313 g/mol. The maximum absolute atomic E-state index is 12.1. The summed E-state index contributed by atoms with van der Waals surface area (Å²) < 4.78 is 0.400. The molecule has 1 aliphatic rings. The number of hydrogen-bond acceptors (Lipinski definition) is 4. The maximum Gasteiger partial charge on any atom is 0.256 e. The van der Waals surface area contributed by atoms with Crippen LogP contribution in [0.1, 0.15) is 17.0 Å². The van der Waals surface area contributed by atoms with Gasteiger partial charge in [-0.25, -0.2) is 0 Å². The molecule has 4 rings (SSSR count). The summed E-state index contributed by atoms with van der Waals surface area (Å²) in [6.45, 7) is 2.24. The van der Waals surface area contributed by atoms with Crippen molar-refractivity contribution in [2.45, 2.75) is 19.5 Å². The molecular weight excluding hydrogens is 298 g/mol. The van der Waals surface area contributed by atoms with Crippen molar-refractivity contribution >= 4 is 23.1 Å². The van der Waals surface area contributed by atoms with Gasteiger partial charge in [-0.2, -0.15) is 5.10 Å². The van der Waals surface area contributed by atoms with Gasteiger partial charge in [-0.1, -0.05) is 18.2 Å². The van der Waals surface area contributed by atoms with Crippen LogP contribution >= 0.6 is 12.2 Å². The van der Waals surface area contributed by atoms with Crippen LogP contribution in [0.25, 0.3) is 10.9 Å². The Labute approximate surface area is 131 Å². The van der Waals surface area contributed by atoms with E-state index in [4.69, 9.17) is 12.2 Å². The van der Waals surface area contributed by atoms with E-state index in [1.165, 1.54) is 0 Å². The number of rotatable bonds is 2. The largest absolute Gasteiger partial charge is 0.335 e. The molecule has 0 unspecified atom stereocenters. The van der Waals surface area contributed by atoms with Gasteiger partial charge in [-0.3, -0.25) is 19.8 Å². The molecule has 0 saturated carbocycles. The topological polar surface area (TPSA) is 80.6 Å². The quantitative estimate of drug-likeness (QED) is 0.631. The van der Waals surface area contributed by atoms with Crippen molar-refractivity contribution < 1.29 is 0 Å². The first-order valence-corrected chi connectivity index (χ1v) is 7.60. The van der Waals surface area contributed by atoms with Gasteiger partial charge in [0.1, 0.15) is 0 Å². The molecule has 0 amide bonds. The Morgan fingerprint density at radius 3 is 3.05 bits per heavy atom. The van der Waals surface area contributed by atoms with Gasteiger partial charge >= 0.3 is 0 Å². The fourth-order valence-corrected chi connectivity index (χ4v) is 3.22. The summed E-state index contributed by atoms with van der Waals surface area (Å²) in [5, 5.41) is 8.56. The van der Waals surface area contributed by atoms with E-state index in [1.807, 2.05) is 18.2 Å². The molecule has 0 aliphatic carbocycles. The van der Waals surface area contributed by atoms with E-state index < -0.39 is 0 Å². The normalized spacial score (nSPS) is 15.1. The molecule has 0 bridgehead atoms. The SMILES string of the molecule is O=c1[nH]c(=S)[nH]c2c1CN(Cc1[nH]nc3ccccc13)CC2. The standard InChI is InChI=1S/C15H15N5OS/c21-14-10-7-20(6-5-11(10)16-15(22)17-14)8-13-9-3-1-2-4-12(9)18-19-13/h1-4H,5-8H2,(H,18,19)(H2,16,17,21,22). The molecule has 112 valence electrons. The lowest BCUT2D eigenvalue weighted by Gasteiger charge is -2.27. The number of hydrogen-bond donors (Lipinski definition) is 3. The summed E-state index contributed by atoms with van der Waals surface area (Å²) in [6.07, 6.45) is 0.801. The molecule has 0 spiro atoms. The van der Waals surface area contributed by atoms with E-state index in [2.05, 4.69) is 31.1 Å². The second-order valence-electron chi connectivity index (χ2n) is 5.55. The van der Waals surface area contributed by atoms with Crippen molar-refractivity contribution in [1.82, 2.24) is 25.1 Å². The molecule has 0 atom stereocenters. The van der Waals surface area contributed by atoms with Gasteiger partial charge in [0.05, 0.1) is 16.8 Å². The molecule has 2 aromatic heterocycles. The summed E-state index contributed by atoms with van der Waals surface area (Å²) in [7, 11) is 0. The predicted octanol–water partition coefficient (Wildman–Crippen LogP) is 1.87. The third-order valence-electron chi connectivity index (χ3n) is 4.11. The first kappa shape index (κ1) is 13.4. The molecule has 0 radical (unpaired) electrons. The number of nitrogens with zero attached hydrogens (tertiary/aromatic N) is 2. The van der Waals surface area contributed by atoms with E-state index in [9.17, 15) is 4.79 Å². The Bertz CT molecular complexity index is 954. The highest BCUT2D eigenvalue weighted by Crippen LogP contribution is 2.20. The smallest absolute Gasteiger partial charge is 0.256 e. The van der Waals surface area contributed by atoms with E-state index in [1.54, 1.807) is 0 Å². The number of aromatic amines is 3. The number of nitrogens with one attached hydrogen (secondary N) is 3. The molecule has 22 heavy (non-hydrogen) atoms. The Hall–Kier alpha value is -2.25. The average molecular weight is 313 g/mol. The second-order valence-corrected chi connectivity index (χ2v) is 5.95. The zero-order valence-corrected chi connectivity index (χ0v) is 12.7. The minimum absolute atomic E-state index is 0.0853. The highest BCUT2D eigenvalue weighted by Gasteiger charge is 2.20. The van der Waals surface area contributed by atoms with Crippen molar-refractivity contribution in [2.75, 3.05) is 6.54 Å². The van der Waals surface area contributed by atoms with Crippen LogP contribution in [-0.2, 0) is 19.5 Å². The fourth-order valence-electron chi connectivity index (χ4n) is 3.01. The van der Waals surface area contributed by atoms with Crippen LogP contribution in [-0.4, -0.2) is 31.6 Å². The molecule has 3 heterocycles. The molecule has 6 nitrogen and oxygen atoms in total. The predicted molar refractivity (Wildman–Crippen MR) is 86.2 cm³/mol. The van der Waals surface area contributed by atoms with Crippen LogP contribution in [0.5, 0.6) is 0 Å². The summed E-state index contributed by atoms with van der Waals surface area (Å²) in [4.78, 5) is 20.1. The van der Waals surface area contributed by atoms with Crippen LogP contribution in [0.3, 0.4) is 0 Å². The molecule has 0 saturated heterocycles. The summed E-state index contributed by atoms with van der Waals surface area (Å²) >= 11 is 5.02. The van der Waals surface area contributed by atoms with E-state index in [0.717, 1.165) is 47.4 Å². The van der Waals surface area contributed by atoms with Crippen molar-refractivity contribution in [1.29, 1.82) is 0 Å². The average Bonchev–Trinajstić information content (AvgIpc) is 2.91. The van der Waals surface area contributed by atoms with E-state index in [0.29, 0.717) is 11.3 Å². The highest BCUT2D eigenvalue weighted by atomic mass is 32.1. The van der Waals surface area contributed by atoms with Gasteiger partial charge in [-0.05, 0) is 18.3 Å². The molecule has 7 heteroatoms. The van der Waals surface area contributed by atoms with Crippen molar-refractivity contribution in [3.8, 4) is 0 Å². The maximum atomic E-state index is 12.1. The van der Waals surface area contributed by atoms with Crippen LogP contribution in [0.2, 0.25) is 0 Å². The van der Waals surface area contributed by atoms with Gasteiger partial charge in [0.2, 0.25) is 0 Å². The third-order valence-corrected chi connectivity index (χ3v) is 4.32. The minimum atomic E-state index is -0.0853. The highest BCUT2D eigenvalue weighted by molar-refractivity contribution is 7.71. The summed E-state index contributed by atoms with van der Waals surface area (Å²) in [5.41, 5.74) is 3.71. The van der Waals surface area contributed by atoms with Gasteiger partial charge in [0.25, 0.3) is 5.56 Å². The van der Waals surface area contributed by atoms with Gasteiger partial charge < -0.3 is 4.98 Å². The minimum Gasteiger partial charge on any atom is -0.335 e. The summed E-state index contributed by atoms with van der Waals surface area (Å²) in [5.74, 6) is 0. The lowest BCUT2D eigenvalue weighted by Crippen LogP contribution is -2.35. The van der Waals surface area contributed by atoms with E-state index in [-0.39, 0.29) is 5.56 Å². The number of benzene rings is 1. The Kier molecular flexibility index (Phi) is 3.16. The number of H-pyrrole nitrogens is 3. The summed E-state index contributed by atoms with van der Waals surface area (Å²) in [6, 6.07) is 8.05. The van der Waals surface area contributed by atoms with Crippen LogP contribution in [0, 0.1) is 4.77 Å². The molecule has 1 aromatic carbocycles. The molecular formula is C15H15N5OS. The van der Waals surface area contributed by atoms with Gasteiger partial charge in [0, 0.05) is 37.1 Å². The zero-order valence-electron chi connectivity index (χ0n) is 11.8. The van der Waals surface area contributed by atoms with Gasteiger partial charge in [0.15, 0.2) is 4.77 Å².